The zero-order chi connectivity index (χ0) is 36.6. The smallest absolute Gasteiger partial charge is 0.0998 e. The van der Waals surface area contributed by atoms with Gasteiger partial charge < -0.3 is 13.7 Å². The zero-order valence-corrected chi connectivity index (χ0v) is 29.5. The van der Waals surface area contributed by atoms with Crippen molar-refractivity contribution in [2.24, 2.45) is 0 Å². The first kappa shape index (κ1) is 30.7. The second-order valence-corrected chi connectivity index (χ2v) is 14.0. The van der Waals surface area contributed by atoms with Crippen molar-refractivity contribution in [3.8, 4) is 40.3 Å². The summed E-state index contributed by atoms with van der Waals surface area (Å²) < 4.78 is 6.92. The van der Waals surface area contributed by atoms with Gasteiger partial charge in [0.15, 0.2) is 0 Å². The van der Waals surface area contributed by atoms with Gasteiger partial charge in [-0.15, -0.1) is 0 Å². The largest absolute Gasteiger partial charge is 0.309 e. The second-order valence-electron chi connectivity index (χ2n) is 14.0. The van der Waals surface area contributed by atoms with Gasteiger partial charge in [-0.25, -0.2) is 0 Å². The minimum Gasteiger partial charge on any atom is -0.309 e. The fourth-order valence-electron chi connectivity index (χ4n) is 8.80. The van der Waals surface area contributed by atoms with Crippen LogP contribution in [0, 0.1) is 22.7 Å². The molecule has 11 rings (SSSR count). The minimum absolute atomic E-state index is 0.597. The second kappa shape index (κ2) is 11.8. The standard InChI is InChI=1S/C50H29N5/c51-30-32-23-26-47-42(27-32)40-15-3-5-17-43(40)53(47)35-12-9-11-33(28-35)37-25-24-36(29-34(37)31-52)54-46-20-8-4-16-41(46)50-48(54)21-10-22-49(50)55-44-18-6-1-13-38(44)39-14-2-7-19-45(39)55/h1-29H. The summed E-state index contributed by atoms with van der Waals surface area (Å²) in [6.07, 6.45) is 0. The van der Waals surface area contributed by atoms with E-state index in [4.69, 9.17) is 0 Å². The number of nitrogens with zero attached hydrogens (tertiary/aromatic N) is 5. The van der Waals surface area contributed by atoms with Crippen LogP contribution in [0.2, 0.25) is 0 Å². The molecule has 3 heterocycles. The van der Waals surface area contributed by atoms with Gasteiger partial charge in [0.05, 0.1) is 62.1 Å². The molecule has 0 spiro atoms. The lowest BCUT2D eigenvalue weighted by Crippen LogP contribution is -1.98. The molecule has 0 unspecified atom stereocenters. The van der Waals surface area contributed by atoms with Crippen LogP contribution in [0.25, 0.3) is 93.6 Å². The molecule has 11 aromatic rings. The Hall–Kier alpha value is -7.86. The van der Waals surface area contributed by atoms with Crippen molar-refractivity contribution < 1.29 is 0 Å². The Labute approximate surface area is 316 Å². The van der Waals surface area contributed by atoms with E-state index in [1.807, 2.05) is 42.5 Å². The molecule has 0 atom stereocenters. The van der Waals surface area contributed by atoms with Crippen LogP contribution in [0.4, 0.5) is 0 Å². The maximum absolute atomic E-state index is 10.7. The summed E-state index contributed by atoms with van der Waals surface area (Å²) >= 11 is 0. The van der Waals surface area contributed by atoms with Gasteiger partial charge in [-0.05, 0) is 90.0 Å². The summed E-state index contributed by atoms with van der Waals surface area (Å²) in [5.41, 5.74) is 12.7. The Bertz CT molecular complexity index is 3420. The molecule has 3 aromatic heterocycles. The van der Waals surface area contributed by atoms with E-state index in [1.54, 1.807) is 0 Å². The molecule has 0 aliphatic carbocycles. The lowest BCUT2D eigenvalue weighted by atomic mass is 9.99. The minimum atomic E-state index is 0.597. The Kier molecular flexibility index (Phi) is 6.61. The molecule has 0 aliphatic heterocycles. The van der Waals surface area contributed by atoms with Crippen molar-refractivity contribution in [3.63, 3.8) is 0 Å². The fourth-order valence-corrected chi connectivity index (χ4v) is 8.80. The predicted octanol–water partition coefficient (Wildman–Crippen LogP) is 12.4. The Morgan fingerprint density at radius 2 is 0.909 bits per heavy atom. The zero-order valence-electron chi connectivity index (χ0n) is 29.5. The van der Waals surface area contributed by atoms with E-state index in [-0.39, 0.29) is 0 Å². The first-order chi connectivity index (χ1) is 27.2. The number of rotatable bonds is 4. The van der Waals surface area contributed by atoms with Crippen LogP contribution in [0.15, 0.2) is 176 Å². The number of hydrogen-bond acceptors (Lipinski definition) is 2. The van der Waals surface area contributed by atoms with Crippen LogP contribution >= 0.6 is 0 Å². The van der Waals surface area contributed by atoms with Crippen LogP contribution in [0.3, 0.4) is 0 Å². The number of benzene rings is 8. The van der Waals surface area contributed by atoms with Gasteiger partial charge in [-0.2, -0.15) is 10.5 Å². The summed E-state index contributed by atoms with van der Waals surface area (Å²) in [6.45, 7) is 0. The van der Waals surface area contributed by atoms with Gasteiger partial charge >= 0.3 is 0 Å². The van der Waals surface area contributed by atoms with Crippen LogP contribution in [-0.4, -0.2) is 13.7 Å². The first-order valence-corrected chi connectivity index (χ1v) is 18.3. The first-order valence-electron chi connectivity index (χ1n) is 18.3. The lowest BCUT2D eigenvalue weighted by molar-refractivity contribution is 1.17. The SMILES string of the molecule is N#Cc1ccc2c(c1)c1ccccc1n2-c1cccc(-c2ccc(-n3c4ccccc4c4c(-n5c6ccccc6c6ccccc65)cccc43)cc2C#N)c1. The Morgan fingerprint density at radius 3 is 1.60 bits per heavy atom. The predicted molar refractivity (Wildman–Crippen MR) is 224 cm³/mol. The molecule has 0 radical (unpaired) electrons. The summed E-state index contributed by atoms with van der Waals surface area (Å²) in [5, 5.41) is 27.2. The molecule has 0 amide bonds. The fraction of sp³-hybridized carbons (Fsp3) is 0. The van der Waals surface area contributed by atoms with Crippen molar-refractivity contribution >= 4 is 65.4 Å². The van der Waals surface area contributed by atoms with Gasteiger partial charge in [0.2, 0.25) is 0 Å². The molecule has 0 aliphatic rings. The molecule has 8 aromatic carbocycles. The molecule has 254 valence electrons. The molecule has 5 nitrogen and oxygen atoms in total. The van der Waals surface area contributed by atoms with Crippen molar-refractivity contribution in [2.45, 2.75) is 0 Å². The van der Waals surface area contributed by atoms with E-state index < -0.39 is 0 Å². The highest BCUT2D eigenvalue weighted by molar-refractivity contribution is 6.16. The summed E-state index contributed by atoms with van der Waals surface area (Å²) in [7, 11) is 0. The Balaban J connectivity index is 1.09. The van der Waals surface area contributed by atoms with Crippen molar-refractivity contribution in [1.29, 1.82) is 10.5 Å². The van der Waals surface area contributed by atoms with Crippen LogP contribution < -0.4 is 0 Å². The third-order valence-electron chi connectivity index (χ3n) is 11.1. The highest BCUT2D eigenvalue weighted by atomic mass is 15.0. The third-order valence-corrected chi connectivity index (χ3v) is 11.1. The Morgan fingerprint density at radius 1 is 0.364 bits per heavy atom. The van der Waals surface area contributed by atoms with Crippen LogP contribution in [0.1, 0.15) is 11.1 Å². The quantitative estimate of drug-likeness (QED) is 0.184. The molecule has 0 saturated carbocycles. The summed E-state index contributed by atoms with van der Waals surface area (Å²) in [6, 6.07) is 65.9. The molecule has 0 saturated heterocycles. The van der Waals surface area contributed by atoms with Gasteiger partial charge in [0.1, 0.15) is 0 Å². The summed E-state index contributed by atoms with van der Waals surface area (Å²) in [4.78, 5) is 0. The number of hydrogen-bond donors (Lipinski definition) is 0. The molecule has 55 heavy (non-hydrogen) atoms. The molecular formula is C50H29N5. The van der Waals surface area contributed by atoms with Crippen LogP contribution in [-0.2, 0) is 0 Å². The lowest BCUT2D eigenvalue weighted by Gasteiger charge is -2.14. The van der Waals surface area contributed by atoms with E-state index >= 15 is 0 Å². The van der Waals surface area contributed by atoms with Gasteiger partial charge in [0, 0.05) is 43.7 Å². The average molecular weight is 700 g/mol. The topological polar surface area (TPSA) is 62.4 Å². The van der Waals surface area contributed by atoms with Gasteiger partial charge in [-0.3, -0.25) is 0 Å². The van der Waals surface area contributed by atoms with Crippen LogP contribution in [0.5, 0.6) is 0 Å². The van der Waals surface area contributed by atoms with Crippen molar-refractivity contribution in [1.82, 2.24) is 13.7 Å². The maximum Gasteiger partial charge on any atom is 0.0998 e. The van der Waals surface area contributed by atoms with E-state index in [1.165, 1.54) is 21.8 Å². The molecule has 0 bridgehead atoms. The monoisotopic (exact) mass is 699 g/mol. The third kappa shape index (κ3) is 4.45. The number of fused-ring (bicyclic) bond motifs is 9. The molecule has 0 N–H and O–H groups in total. The van der Waals surface area contributed by atoms with Gasteiger partial charge in [0.25, 0.3) is 0 Å². The van der Waals surface area contributed by atoms with Crippen molar-refractivity contribution in [2.75, 3.05) is 0 Å². The normalized spacial score (nSPS) is 11.6. The van der Waals surface area contributed by atoms with Crippen molar-refractivity contribution in [3.05, 3.63) is 187 Å². The number of nitriles is 2. The number of para-hydroxylation sites is 4. The van der Waals surface area contributed by atoms with E-state index in [0.717, 1.165) is 71.8 Å². The molecule has 5 heteroatoms. The highest BCUT2D eigenvalue weighted by Gasteiger charge is 2.20. The molecule has 0 fully saturated rings. The average Bonchev–Trinajstić information content (AvgIpc) is 3.89. The van der Waals surface area contributed by atoms with Gasteiger partial charge in [-0.1, -0.05) is 97.1 Å². The van der Waals surface area contributed by atoms with E-state index in [2.05, 4.69) is 159 Å². The van der Waals surface area contributed by atoms with E-state index in [0.29, 0.717) is 11.1 Å². The highest BCUT2D eigenvalue weighted by Crippen LogP contribution is 2.41. The summed E-state index contributed by atoms with van der Waals surface area (Å²) in [5.74, 6) is 0. The maximum atomic E-state index is 10.7. The molecular weight excluding hydrogens is 671 g/mol. The van der Waals surface area contributed by atoms with E-state index in [9.17, 15) is 10.5 Å². The number of aromatic nitrogens is 3.